The van der Waals surface area contributed by atoms with Crippen molar-refractivity contribution in [3.8, 4) is 17.2 Å². The van der Waals surface area contributed by atoms with E-state index in [1.165, 1.54) is 24.6 Å². The second kappa shape index (κ2) is 9.45. The number of hydrogen-bond donors (Lipinski definition) is 0. The molecule has 0 spiro atoms. The summed E-state index contributed by atoms with van der Waals surface area (Å²) in [6.45, 7) is -0.00234. The van der Waals surface area contributed by atoms with E-state index >= 15 is 0 Å². The number of anilines is 1. The van der Waals surface area contributed by atoms with Crippen molar-refractivity contribution in [2.24, 2.45) is 0 Å². The standard InChI is InChI=1S/C22H21ClFNO5S/c1-28-17-6-4-15(5-7-17)14-25(16-10-18(29-2)12-19(11-16)30-3)31(26,27)20-8-9-22(24)21(23)13-20/h4-13H,14H2,1-3H3. The lowest BCUT2D eigenvalue weighted by molar-refractivity contribution is 0.394. The highest BCUT2D eigenvalue weighted by molar-refractivity contribution is 7.92. The van der Waals surface area contributed by atoms with E-state index in [1.54, 1.807) is 49.6 Å². The van der Waals surface area contributed by atoms with Gasteiger partial charge in [-0.2, -0.15) is 0 Å². The predicted molar refractivity (Wildman–Crippen MR) is 117 cm³/mol. The molecule has 3 aromatic rings. The van der Waals surface area contributed by atoms with Crippen LogP contribution in [0.4, 0.5) is 10.1 Å². The van der Waals surface area contributed by atoms with E-state index in [-0.39, 0.29) is 16.5 Å². The Morgan fingerprint density at radius 2 is 1.42 bits per heavy atom. The molecule has 164 valence electrons. The number of ether oxygens (including phenoxy) is 3. The molecule has 6 nitrogen and oxygen atoms in total. The summed E-state index contributed by atoms with van der Waals surface area (Å²) < 4.78 is 57.7. The highest BCUT2D eigenvalue weighted by atomic mass is 35.5. The molecule has 0 N–H and O–H groups in total. The molecular weight excluding hydrogens is 445 g/mol. The van der Waals surface area contributed by atoms with Crippen LogP contribution in [-0.2, 0) is 16.6 Å². The molecular formula is C22H21ClFNO5S. The van der Waals surface area contributed by atoms with Gasteiger partial charge in [0.15, 0.2) is 0 Å². The normalized spacial score (nSPS) is 11.1. The van der Waals surface area contributed by atoms with Crippen molar-refractivity contribution in [3.05, 3.63) is 77.1 Å². The average molecular weight is 466 g/mol. The van der Waals surface area contributed by atoms with Crippen molar-refractivity contribution in [1.82, 2.24) is 0 Å². The summed E-state index contributed by atoms with van der Waals surface area (Å²) in [5, 5.41) is -0.284. The van der Waals surface area contributed by atoms with E-state index in [4.69, 9.17) is 25.8 Å². The van der Waals surface area contributed by atoms with Gasteiger partial charge in [-0.05, 0) is 35.9 Å². The highest BCUT2D eigenvalue weighted by Gasteiger charge is 2.27. The van der Waals surface area contributed by atoms with Gasteiger partial charge in [0.05, 0.1) is 43.5 Å². The van der Waals surface area contributed by atoms with Gasteiger partial charge in [0.1, 0.15) is 23.1 Å². The Bertz CT molecular complexity index is 1150. The number of hydrogen-bond acceptors (Lipinski definition) is 5. The summed E-state index contributed by atoms with van der Waals surface area (Å²) in [5.41, 5.74) is 1.02. The van der Waals surface area contributed by atoms with Gasteiger partial charge >= 0.3 is 0 Å². The zero-order valence-corrected chi connectivity index (χ0v) is 18.7. The SMILES string of the molecule is COc1ccc(CN(c2cc(OC)cc(OC)c2)S(=O)(=O)c2ccc(F)c(Cl)c2)cc1. The van der Waals surface area contributed by atoms with Crippen molar-refractivity contribution < 1.29 is 27.0 Å². The Labute approximate surface area is 185 Å². The molecule has 0 atom stereocenters. The maximum absolute atomic E-state index is 13.6. The van der Waals surface area contributed by atoms with E-state index in [2.05, 4.69) is 0 Å². The zero-order valence-electron chi connectivity index (χ0n) is 17.1. The van der Waals surface area contributed by atoms with Crippen molar-refractivity contribution in [3.63, 3.8) is 0 Å². The van der Waals surface area contributed by atoms with Gasteiger partial charge in [0.2, 0.25) is 0 Å². The predicted octanol–water partition coefficient (Wildman–Crippen LogP) is 4.90. The lowest BCUT2D eigenvalue weighted by Gasteiger charge is -2.26. The molecule has 0 amide bonds. The zero-order chi connectivity index (χ0) is 22.6. The highest BCUT2D eigenvalue weighted by Crippen LogP contribution is 2.34. The fourth-order valence-corrected chi connectivity index (χ4v) is 4.62. The molecule has 3 rings (SSSR count). The van der Waals surface area contributed by atoms with Crippen molar-refractivity contribution in [2.45, 2.75) is 11.4 Å². The third kappa shape index (κ3) is 5.03. The summed E-state index contributed by atoms with van der Waals surface area (Å²) in [5.74, 6) is 0.778. The minimum absolute atomic E-state index is 0.00234. The molecule has 0 unspecified atom stereocenters. The van der Waals surface area contributed by atoms with Gasteiger partial charge in [0.25, 0.3) is 10.0 Å². The Hall–Kier alpha value is -2.97. The topological polar surface area (TPSA) is 65.1 Å². The molecule has 0 aromatic heterocycles. The van der Waals surface area contributed by atoms with E-state index in [9.17, 15) is 12.8 Å². The fraction of sp³-hybridized carbons (Fsp3) is 0.182. The summed E-state index contributed by atoms with van der Waals surface area (Å²) in [6, 6.07) is 15.1. The molecule has 31 heavy (non-hydrogen) atoms. The number of halogens is 2. The molecule has 0 saturated carbocycles. The molecule has 3 aromatic carbocycles. The van der Waals surface area contributed by atoms with Gasteiger partial charge in [0, 0.05) is 18.2 Å². The molecule has 0 fully saturated rings. The molecule has 9 heteroatoms. The quantitative estimate of drug-likeness (QED) is 0.473. The van der Waals surface area contributed by atoms with Crippen LogP contribution in [0.1, 0.15) is 5.56 Å². The molecule has 0 heterocycles. The Kier molecular flexibility index (Phi) is 6.92. The second-order valence-electron chi connectivity index (χ2n) is 6.51. The van der Waals surface area contributed by atoms with Crippen LogP contribution in [-0.4, -0.2) is 29.7 Å². The number of methoxy groups -OCH3 is 3. The lowest BCUT2D eigenvalue weighted by atomic mass is 10.2. The minimum Gasteiger partial charge on any atom is -0.497 e. The first-order valence-electron chi connectivity index (χ1n) is 9.12. The van der Waals surface area contributed by atoms with E-state index in [0.29, 0.717) is 28.5 Å². The first-order chi connectivity index (χ1) is 14.8. The molecule has 0 saturated heterocycles. The van der Waals surface area contributed by atoms with Crippen LogP contribution in [0.25, 0.3) is 0 Å². The number of benzene rings is 3. The number of rotatable bonds is 8. The largest absolute Gasteiger partial charge is 0.497 e. The van der Waals surface area contributed by atoms with Crippen molar-refractivity contribution in [2.75, 3.05) is 25.6 Å². The number of nitrogens with zero attached hydrogens (tertiary/aromatic N) is 1. The Morgan fingerprint density at radius 1 is 0.839 bits per heavy atom. The molecule has 0 aliphatic rings. The maximum atomic E-state index is 13.6. The summed E-state index contributed by atoms with van der Waals surface area (Å²) in [6.07, 6.45) is 0. The Morgan fingerprint density at radius 3 is 1.94 bits per heavy atom. The summed E-state index contributed by atoms with van der Waals surface area (Å²) in [7, 11) is 0.376. The van der Waals surface area contributed by atoms with Crippen LogP contribution in [0.3, 0.4) is 0 Å². The van der Waals surface area contributed by atoms with Gasteiger partial charge in [-0.1, -0.05) is 23.7 Å². The molecule has 0 aliphatic carbocycles. The Balaban J connectivity index is 2.14. The van der Waals surface area contributed by atoms with E-state index in [0.717, 1.165) is 12.1 Å². The number of sulfonamides is 1. The second-order valence-corrected chi connectivity index (χ2v) is 8.78. The molecule has 0 bridgehead atoms. The monoisotopic (exact) mass is 465 g/mol. The van der Waals surface area contributed by atoms with Crippen molar-refractivity contribution >= 4 is 27.3 Å². The summed E-state index contributed by atoms with van der Waals surface area (Å²) in [4.78, 5) is -0.144. The molecule has 0 aliphatic heterocycles. The third-order valence-electron chi connectivity index (χ3n) is 4.59. The van der Waals surface area contributed by atoms with Crippen LogP contribution in [0.2, 0.25) is 5.02 Å². The van der Waals surface area contributed by atoms with Crippen LogP contribution in [0.15, 0.2) is 65.6 Å². The van der Waals surface area contributed by atoms with Gasteiger partial charge in [-0.3, -0.25) is 4.31 Å². The summed E-state index contributed by atoms with van der Waals surface area (Å²) >= 11 is 5.85. The molecule has 0 radical (unpaired) electrons. The third-order valence-corrected chi connectivity index (χ3v) is 6.65. The fourth-order valence-electron chi connectivity index (χ4n) is 2.91. The first-order valence-corrected chi connectivity index (χ1v) is 10.9. The van der Waals surface area contributed by atoms with E-state index in [1.807, 2.05) is 0 Å². The van der Waals surface area contributed by atoms with Crippen LogP contribution in [0, 0.1) is 5.82 Å². The van der Waals surface area contributed by atoms with Crippen molar-refractivity contribution in [1.29, 1.82) is 0 Å². The van der Waals surface area contributed by atoms with Crippen LogP contribution >= 0.6 is 11.6 Å². The maximum Gasteiger partial charge on any atom is 0.264 e. The smallest absolute Gasteiger partial charge is 0.264 e. The van der Waals surface area contributed by atoms with Gasteiger partial charge in [-0.25, -0.2) is 12.8 Å². The van der Waals surface area contributed by atoms with Crippen LogP contribution < -0.4 is 18.5 Å². The van der Waals surface area contributed by atoms with Gasteiger partial charge in [-0.15, -0.1) is 0 Å². The lowest BCUT2D eigenvalue weighted by Crippen LogP contribution is -2.30. The van der Waals surface area contributed by atoms with Gasteiger partial charge < -0.3 is 14.2 Å². The van der Waals surface area contributed by atoms with Crippen LogP contribution in [0.5, 0.6) is 17.2 Å². The average Bonchev–Trinajstić information content (AvgIpc) is 2.78. The minimum atomic E-state index is -4.12. The van der Waals surface area contributed by atoms with E-state index < -0.39 is 15.8 Å². The first kappa shape index (κ1) is 22.7.